The zero-order chi connectivity index (χ0) is 18.3. The lowest BCUT2D eigenvalue weighted by Crippen LogP contribution is -2.51. The smallest absolute Gasteiger partial charge is 0.215 e. The molecule has 0 saturated carbocycles. The van der Waals surface area contributed by atoms with Gasteiger partial charge in [-0.25, -0.2) is 14.4 Å². The van der Waals surface area contributed by atoms with E-state index < -0.39 is 11.6 Å². The molecule has 0 aromatic carbocycles. The van der Waals surface area contributed by atoms with Gasteiger partial charge in [0.1, 0.15) is 23.2 Å². The van der Waals surface area contributed by atoms with Gasteiger partial charge in [0.2, 0.25) is 5.78 Å². The van der Waals surface area contributed by atoms with E-state index in [1.54, 1.807) is 24.3 Å². The fraction of sp³-hybridized carbons (Fsp3) is 0.316. The molecule has 6 nitrogen and oxygen atoms in total. The normalized spacial score (nSPS) is 21.7. The Bertz CT molecular complexity index is 872. The molecule has 2 unspecified atom stereocenters. The van der Waals surface area contributed by atoms with Crippen molar-refractivity contribution in [2.45, 2.75) is 24.9 Å². The highest BCUT2D eigenvalue weighted by molar-refractivity contribution is 6.12. The number of nitrogens with two attached hydrogens (primary N) is 1. The van der Waals surface area contributed by atoms with Gasteiger partial charge in [-0.2, -0.15) is 0 Å². The van der Waals surface area contributed by atoms with E-state index in [4.69, 9.17) is 5.73 Å². The first-order valence-electron chi connectivity index (χ1n) is 8.65. The molecule has 134 valence electrons. The van der Waals surface area contributed by atoms with E-state index in [1.807, 2.05) is 0 Å². The summed E-state index contributed by atoms with van der Waals surface area (Å²) >= 11 is 0. The zero-order valence-electron chi connectivity index (χ0n) is 14.3. The van der Waals surface area contributed by atoms with E-state index in [0.29, 0.717) is 17.9 Å². The van der Waals surface area contributed by atoms with Crippen LogP contribution in [0.4, 0.5) is 16.0 Å². The van der Waals surface area contributed by atoms with Gasteiger partial charge in [0.25, 0.3) is 0 Å². The summed E-state index contributed by atoms with van der Waals surface area (Å²) < 4.78 is 13.9. The van der Waals surface area contributed by atoms with Gasteiger partial charge in [-0.1, -0.05) is 6.58 Å². The Labute approximate surface area is 150 Å². The number of piperazine rings is 1. The third-order valence-corrected chi connectivity index (χ3v) is 5.01. The van der Waals surface area contributed by atoms with Crippen LogP contribution in [-0.2, 0) is 0 Å². The highest BCUT2D eigenvalue weighted by Crippen LogP contribution is 2.28. The fourth-order valence-corrected chi connectivity index (χ4v) is 3.74. The van der Waals surface area contributed by atoms with Crippen LogP contribution in [0, 0.1) is 0 Å². The van der Waals surface area contributed by atoms with E-state index in [1.165, 1.54) is 6.20 Å². The third kappa shape index (κ3) is 2.94. The first kappa shape index (κ1) is 16.7. The topological polar surface area (TPSA) is 84.1 Å². The molecule has 2 aromatic heterocycles. The first-order valence-corrected chi connectivity index (χ1v) is 8.65. The summed E-state index contributed by atoms with van der Waals surface area (Å²) in [5.41, 5.74) is 6.12. The minimum absolute atomic E-state index is 0.0144. The number of halogens is 1. The summed E-state index contributed by atoms with van der Waals surface area (Å²) in [7, 11) is 0. The lowest BCUT2D eigenvalue weighted by atomic mass is 10.0. The average molecular weight is 353 g/mol. The van der Waals surface area contributed by atoms with Crippen molar-refractivity contribution in [2.75, 3.05) is 23.7 Å². The monoisotopic (exact) mass is 353 g/mol. The van der Waals surface area contributed by atoms with Gasteiger partial charge in [-0.15, -0.1) is 0 Å². The van der Waals surface area contributed by atoms with Crippen molar-refractivity contribution in [1.29, 1.82) is 0 Å². The largest absolute Gasteiger partial charge is 0.383 e. The Balaban J connectivity index is 1.73. The molecule has 0 spiro atoms. The number of fused-ring (bicyclic) bond motifs is 2. The van der Waals surface area contributed by atoms with E-state index >= 15 is 0 Å². The number of nitrogen functional groups attached to an aromatic ring is 1. The highest BCUT2D eigenvalue weighted by Gasteiger charge is 2.33. The number of carbonyl (C=O) groups excluding carboxylic acids is 1. The number of pyridine rings is 2. The Morgan fingerprint density at radius 1 is 1.23 bits per heavy atom. The molecule has 2 bridgehead atoms. The molecule has 26 heavy (non-hydrogen) atoms. The van der Waals surface area contributed by atoms with Crippen molar-refractivity contribution < 1.29 is 9.18 Å². The maximum Gasteiger partial charge on any atom is 0.215 e. The number of nitrogens with zero attached hydrogens (tertiary/aromatic N) is 3. The van der Waals surface area contributed by atoms with Gasteiger partial charge in [-0.3, -0.25) is 4.79 Å². The molecule has 3 N–H and O–H groups in total. The molecule has 0 radical (unpaired) electrons. The molecular formula is C19H20FN5O. The van der Waals surface area contributed by atoms with Gasteiger partial charge in [0.15, 0.2) is 0 Å². The molecular weight excluding hydrogens is 333 g/mol. The van der Waals surface area contributed by atoms with E-state index in [2.05, 4.69) is 26.8 Å². The van der Waals surface area contributed by atoms with Crippen molar-refractivity contribution in [1.82, 2.24) is 15.3 Å². The molecule has 0 aliphatic carbocycles. The van der Waals surface area contributed by atoms with Crippen molar-refractivity contribution in [3.05, 3.63) is 53.9 Å². The molecule has 7 heteroatoms. The summed E-state index contributed by atoms with van der Waals surface area (Å²) in [6, 6.07) is 7.35. The first-order chi connectivity index (χ1) is 12.5. The molecule has 4 heterocycles. The highest BCUT2D eigenvalue weighted by atomic mass is 19.1. The molecule has 2 saturated heterocycles. The maximum atomic E-state index is 13.9. The van der Waals surface area contributed by atoms with Crippen LogP contribution in [0.25, 0.3) is 5.83 Å². The third-order valence-electron chi connectivity index (χ3n) is 5.01. The van der Waals surface area contributed by atoms with Crippen LogP contribution in [0.15, 0.2) is 37.0 Å². The van der Waals surface area contributed by atoms with Gasteiger partial charge in [-0.05, 0) is 37.1 Å². The lowest BCUT2D eigenvalue weighted by Gasteiger charge is -2.34. The van der Waals surface area contributed by atoms with Crippen LogP contribution in [0.3, 0.4) is 0 Å². The fourth-order valence-electron chi connectivity index (χ4n) is 3.74. The molecule has 2 aliphatic rings. The van der Waals surface area contributed by atoms with Crippen molar-refractivity contribution in [3.63, 3.8) is 0 Å². The number of nitrogens with one attached hydrogen (secondary N) is 1. The van der Waals surface area contributed by atoms with Gasteiger partial charge in [0.05, 0.1) is 5.56 Å². The average Bonchev–Trinajstić information content (AvgIpc) is 2.98. The van der Waals surface area contributed by atoms with E-state index in [0.717, 1.165) is 25.9 Å². The summed E-state index contributed by atoms with van der Waals surface area (Å²) in [6.07, 6.45) is 3.78. The SMILES string of the molecule is C=C(F)c1ccc(N2CC3CCC(C2)N3)nc1C(=O)c1cccnc1N. The minimum atomic E-state index is -0.699. The van der Waals surface area contributed by atoms with E-state index in [-0.39, 0.29) is 22.6 Å². The number of carbonyl (C=O) groups is 1. The summed E-state index contributed by atoms with van der Waals surface area (Å²) in [6.45, 7) is 4.97. The molecule has 2 atom stereocenters. The lowest BCUT2D eigenvalue weighted by molar-refractivity contribution is 0.103. The predicted molar refractivity (Wildman–Crippen MR) is 98.6 cm³/mol. The Kier molecular flexibility index (Phi) is 4.16. The van der Waals surface area contributed by atoms with Crippen LogP contribution in [-0.4, -0.2) is 40.9 Å². The molecule has 2 aliphatic heterocycles. The van der Waals surface area contributed by atoms with Crippen LogP contribution < -0.4 is 16.0 Å². The van der Waals surface area contributed by atoms with Crippen LogP contribution in [0.1, 0.15) is 34.5 Å². The molecule has 4 rings (SSSR count). The second kappa shape index (κ2) is 6.49. The molecule has 2 fully saturated rings. The van der Waals surface area contributed by atoms with Crippen LogP contribution >= 0.6 is 0 Å². The number of ketones is 1. The molecule has 0 amide bonds. The predicted octanol–water partition coefficient (Wildman–Crippen LogP) is 2.17. The maximum absolute atomic E-state index is 13.9. The second-order valence-electron chi connectivity index (χ2n) is 6.78. The Morgan fingerprint density at radius 3 is 2.62 bits per heavy atom. The summed E-state index contributed by atoms with van der Waals surface area (Å²) in [4.78, 5) is 23.5. The second-order valence-corrected chi connectivity index (χ2v) is 6.78. The number of aromatic nitrogens is 2. The van der Waals surface area contributed by atoms with Crippen LogP contribution in [0.5, 0.6) is 0 Å². The van der Waals surface area contributed by atoms with Gasteiger partial charge in [0, 0.05) is 36.9 Å². The van der Waals surface area contributed by atoms with Crippen LogP contribution in [0.2, 0.25) is 0 Å². The molecule has 2 aromatic rings. The van der Waals surface area contributed by atoms with E-state index in [9.17, 15) is 9.18 Å². The van der Waals surface area contributed by atoms with Crippen molar-refractivity contribution >= 4 is 23.2 Å². The number of rotatable bonds is 4. The minimum Gasteiger partial charge on any atom is -0.383 e. The number of hydrogen-bond donors (Lipinski definition) is 2. The van der Waals surface area contributed by atoms with Gasteiger partial charge < -0.3 is 16.0 Å². The summed E-state index contributed by atoms with van der Waals surface area (Å²) in [5, 5.41) is 3.56. The summed E-state index contributed by atoms with van der Waals surface area (Å²) in [5.74, 6) is -0.390. The number of anilines is 2. The van der Waals surface area contributed by atoms with Gasteiger partial charge >= 0.3 is 0 Å². The van der Waals surface area contributed by atoms with Crippen molar-refractivity contribution in [2.24, 2.45) is 0 Å². The standard InChI is InChI=1S/C19H20FN5O/c1-11(20)14-6-7-16(25-9-12-4-5-13(10-25)23-12)24-17(14)18(26)15-3-2-8-22-19(15)21/h2-3,6-8,12-13,23H,1,4-5,9-10H2,(H2,21,22). The Morgan fingerprint density at radius 2 is 1.96 bits per heavy atom. The quantitative estimate of drug-likeness (QED) is 0.820. The van der Waals surface area contributed by atoms with Crippen molar-refractivity contribution in [3.8, 4) is 0 Å². The number of hydrogen-bond acceptors (Lipinski definition) is 6. The Hall–Kier alpha value is -2.80. The zero-order valence-corrected chi connectivity index (χ0v) is 14.3.